The van der Waals surface area contributed by atoms with Gasteiger partial charge in [-0.2, -0.15) is 0 Å². The number of rotatable bonds is 3. The summed E-state index contributed by atoms with van der Waals surface area (Å²) in [6, 6.07) is 9.60. The number of carbonyl (C=O) groups is 1. The highest BCUT2D eigenvalue weighted by Crippen LogP contribution is 1.97. The van der Waals surface area contributed by atoms with E-state index in [0.29, 0.717) is 12.2 Å². The second-order valence-electron chi connectivity index (χ2n) is 2.92. The normalized spacial score (nSPS) is 9.40. The van der Waals surface area contributed by atoms with E-state index in [1.807, 2.05) is 6.92 Å². The van der Waals surface area contributed by atoms with Crippen molar-refractivity contribution < 1.29 is 9.53 Å². The Labute approximate surface area is 88.8 Å². The standard InChI is InChI=1S/C11H13N2O2/c1-2-8-15-11(14)13-10(12)9-6-4-3-5-7-9/h4-7H,2,8H2,1H3,(H2,12,13,14). The summed E-state index contributed by atoms with van der Waals surface area (Å²) >= 11 is 0. The van der Waals surface area contributed by atoms with Crippen molar-refractivity contribution >= 4 is 11.9 Å². The Balaban J connectivity index is 2.46. The van der Waals surface area contributed by atoms with Gasteiger partial charge in [-0.25, -0.2) is 4.79 Å². The molecule has 0 spiro atoms. The van der Waals surface area contributed by atoms with E-state index < -0.39 is 6.09 Å². The van der Waals surface area contributed by atoms with Gasteiger partial charge in [0.1, 0.15) is 5.84 Å². The summed E-state index contributed by atoms with van der Waals surface area (Å²) in [7, 11) is 0. The van der Waals surface area contributed by atoms with Gasteiger partial charge in [-0.3, -0.25) is 10.7 Å². The van der Waals surface area contributed by atoms with Crippen LogP contribution in [0.5, 0.6) is 0 Å². The van der Waals surface area contributed by atoms with Crippen molar-refractivity contribution in [1.82, 2.24) is 5.32 Å². The van der Waals surface area contributed by atoms with Gasteiger partial charge >= 0.3 is 6.09 Å². The molecule has 0 fully saturated rings. The average molecular weight is 205 g/mol. The number of benzene rings is 1. The second kappa shape index (κ2) is 5.80. The molecule has 4 nitrogen and oxygen atoms in total. The number of nitrogens with one attached hydrogen (secondary N) is 2. The Kier molecular flexibility index (Phi) is 4.34. The fourth-order valence-electron chi connectivity index (χ4n) is 0.959. The number of ether oxygens (including phenoxy) is 1. The van der Waals surface area contributed by atoms with Crippen LogP contribution in [0, 0.1) is 11.5 Å². The molecule has 0 unspecified atom stereocenters. The first-order valence-corrected chi connectivity index (χ1v) is 4.73. The zero-order valence-corrected chi connectivity index (χ0v) is 8.54. The highest BCUT2D eigenvalue weighted by molar-refractivity contribution is 6.04. The molecule has 0 saturated heterocycles. The van der Waals surface area contributed by atoms with Crippen molar-refractivity contribution in [2.75, 3.05) is 6.61 Å². The minimum absolute atomic E-state index is 0.0325. The third-order valence-electron chi connectivity index (χ3n) is 1.67. The highest BCUT2D eigenvalue weighted by atomic mass is 16.5. The van der Waals surface area contributed by atoms with Crippen LogP contribution in [-0.4, -0.2) is 18.5 Å². The smallest absolute Gasteiger partial charge is 0.412 e. The van der Waals surface area contributed by atoms with E-state index in [4.69, 9.17) is 10.1 Å². The lowest BCUT2D eigenvalue weighted by Crippen LogP contribution is -2.31. The van der Waals surface area contributed by atoms with Crippen LogP contribution in [0.3, 0.4) is 0 Å². The van der Waals surface area contributed by atoms with Crippen LogP contribution in [0.25, 0.3) is 0 Å². The predicted octanol–water partition coefficient (Wildman–Crippen LogP) is 1.95. The molecular weight excluding hydrogens is 192 g/mol. The lowest BCUT2D eigenvalue weighted by atomic mass is 10.2. The number of amidine groups is 1. The Bertz CT molecular complexity index is 336. The van der Waals surface area contributed by atoms with E-state index in [-0.39, 0.29) is 5.84 Å². The third kappa shape index (κ3) is 3.81. The molecule has 0 saturated carbocycles. The average Bonchev–Trinajstić information content (AvgIpc) is 2.27. The minimum atomic E-state index is -0.588. The predicted molar refractivity (Wildman–Crippen MR) is 56.9 cm³/mol. The first-order valence-electron chi connectivity index (χ1n) is 4.73. The van der Waals surface area contributed by atoms with Crippen molar-refractivity contribution in [3.8, 4) is 0 Å². The Hall–Kier alpha value is -1.84. The molecule has 1 aromatic rings. The highest BCUT2D eigenvalue weighted by Gasteiger charge is 2.06. The number of amides is 1. The quantitative estimate of drug-likeness (QED) is 0.585. The molecule has 0 bridgehead atoms. The van der Waals surface area contributed by atoms with Crippen LogP contribution in [0.2, 0.25) is 0 Å². The molecule has 15 heavy (non-hydrogen) atoms. The van der Waals surface area contributed by atoms with Crippen molar-refractivity contribution in [3.63, 3.8) is 0 Å². The van der Waals surface area contributed by atoms with E-state index in [1.54, 1.807) is 24.3 Å². The van der Waals surface area contributed by atoms with Crippen molar-refractivity contribution in [3.05, 3.63) is 35.9 Å². The summed E-state index contributed by atoms with van der Waals surface area (Å²) in [5, 5.41) is 9.91. The van der Waals surface area contributed by atoms with Crippen molar-refractivity contribution in [2.45, 2.75) is 13.3 Å². The van der Waals surface area contributed by atoms with Crippen LogP contribution < -0.4 is 5.32 Å². The first-order chi connectivity index (χ1) is 7.24. The van der Waals surface area contributed by atoms with Gasteiger partial charge in [0, 0.05) is 5.56 Å². The molecule has 1 aromatic carbocycles. The second-order valence-corrected chi connectivity index (χ2v) is 2.92. The molecule has 0 heterocycles. The fourth-order valence-corrected chi connectivity index (χ4v) is 0.959. The summed E-state index contributed by atoms with van der Waals surface area (Å²) in [4.78, 5) is 11.1. The van der Waals surface area contributed by atoms with E-state index in [2.05, 4.69) is 11.4 Å². The molecule has 0 aliphatic rings. The maximum absolute atomic E-state index is 11.1. The fraction of sp³-hybridized carbons (Fsp3) is 0.273. The van der Waals surface area contributed by atoms with Crippen LogP contribution in [0.1, 0.15) is 18.9 Å². The molecule has 2 N–H and O–H groups in total. The van der Waals surface area contributed by atoms with Gasteiger partial charge in [-0.1, -0.05) is 31.2 Å². The summed E-state index contributed by atoms with van der Waals surface area (Å²) in [5.41, 5.74) is 0.627. The minimum Gasteiger partial charge on any atom is -0.449 e. The molecular formula is C11H13N2O2. The number of carbonyl (C=O) groups excluding carboxylic acids is 1. The van der Waals surface area contributed by atoms with Crippen LogP contribution >= 0.6 is 0 Å². The first kappa shape index (κ1) is 11.2. The zero-order valence-electron chi connectivity index (χ0n) is 8.54. The van der Waals surface area contributed by atoms with Crippen LogP contribution in [0.15, 0.2) is 24.3 Å². The lowest BCUT2D eigenvalue weighted by Gasteiger charge is -2.06. The largest absolute Gasteiger partial charge is 0.449 e. The van der Waals surface area contributed by atoms with Crippen LogP contribution in [0.4, 0.5) is 4.79 Å². The van der Waals surface area contributed by atoms with Gasteiger partial charge in [0.2, 0.25) is 0 Å². The Morgan fingerprint density at radius 3 is 2.80 bits per heavy atom. The van der Waals surface area contributed by atoms with Gasteiger partial charge < -0.3 is 4.74 Å². The Morgan fingerprint density at radius 2 is 2.20 bits per heavy atom. The molecule has 1 rings (SSSR count). The maximum atomic E-state index is 11.1. The molecule has 1 radical (unpaired) electrons. The number of hydrogen-bond acceptors (Lipinski definition) is 3. The maximum Gasteiger partial charge on any atom is 0.412 e. The van der Waals surface area contributed by atoms with Crippen LogP contribution in [-0.2, 0) is 4.74 Å². The SMILES string of the molecule is CCCOC(=O)NC(=N)c1cc[c]cc1. The van der Waals surface area contributed by atoms with Crippen molar-refractivity contribution in [2.24, 2.45) is 0 Å². The van der Waals surface area contributed by atoms with E-state index >= 15 is 0 Å². The van der Waals surface area contributed by atoms with Gasteiger partial charge in [0.25, 0.3) is 0 Å². The molecule has 0 atom stereocenters. The van der Waals surface area contributed by atoms with Gasteiger partial charge in [-0.05, 0) is 12.5 Å². The van der Waals surface area contributed by atoms with E-state index in [9.17, 15) is 4.79 Å². The summed E-state index contributed by atoms with van der Waals surface area (Å²) in [5.74, 6) is 0.0325. The molecule has 1 amide bonds. The molecule has 0 aliphatic carbocycles. The monoisotopic (exact) mass is 205 g/mol. The number of hydrogen-bond donors (Lipinski definition) is 2. The molecule has 0 aliphatic heterocycles. The number of alkyl carbamates (subject to hydrolysis) is 1. The van der Waals surface area contributed by atoms with E-state index in [1.165, 1.54) is 0 Å². The molecule has 79 valence electrons. The topological polar surface area (TPSA) is 62.2 Å². The van der Waals surface area contributed by atoms with E-state index in [0.717, 1.165) is 6.42 Å². The Morgan fingerprint density at radius 1 is 1.53 bits per heavy atom. The lowest BCUT2D eigenvalue weighted by molar-refractivity contribution is 0.152. The van der Waals surface area contributed by atoms with Gasteiger partial charge in [0.15, 0.2) is 0 Å². The third-order valence-corrected chi connectivity index (χ3v) is 1.67. The summed E-state index contributed by atoms with van der Waals surface area (Å²) < 4.78 is 4.78. The zero-order chi connectivity index (χ0) is 11.1. The molecule has 0 aromatic heterocycles. The molecule has 4 heteroatoms. The van der Waals surface area contributed by atoms with Gasteiger partial charge in [0.05, 0.1) is 6.61 Å². The summed E-state index contributed by atoms with van der Waals surface area (Å²) in [6.07, 6.45) is 0.177. The summed E-state index contributed by atoms with van der Waals surface area (Å²) in [6.45, 7) is 2.27. The van der Waals surface area contributed by atoms with Gasteiger partial charge in [-0.15, -0.1) is 0 Å². The van der Waals surface area contributed by atoms with Crippen molar-refractivity contribution in [1.29, 1.82) is 5.41 Å².